The quantitative estimate of drug-likeness (QED) is 0.652. The summed E-state index contributed by atoms with van der Waals surface area (Å²) in [6.07, 6.45) is 13.9. The number of hydrogen-bond donors (Lipinski definition) is 1. The van der Waals surface area contributed by atoms with Gasteiger partial charge in [0.25, 0.3) is 0 Å². The molecule has 2 N–H and O–H groups in total. The summed E-state index contributed by atoms with van der Waals surface area (Å²) in [5.41, 5.74) is 6.88. The van der Waals surface area contributed by atoms with Crippen molar-refractivity contribution < 1.29 is 0 Å². The molecule has 2 aliphatic rings. The lowest BCUT2D eigenvalue weighted by Crippen LogP contribution is -2.49. The molecule has 0 heterocycles. The van der Waals surface area contributed by atoms with E-state index >= 15 is 0 Å². The van der Waals surface area contributed by atoms with Crippen molar-refractivity contribution in [3.05, 3.63) is 0 Å². The van der Waals surface area contributed by atoms with Crippen LogP contribution in [0.4, 0.5) is 0 Å². The zero-order valence-corrected chi connectivity index (χ0v) is 10.3. The summed E-state index contributed by atoms with van der Waals surface area (Å²) in [7, 11) is 0. The Morgan fingerprint density at radius 1 is 0.867 bits per heavy atom. The van der Waals surface area contributed by atoms with E-state index in [0.717, 1.165) is 11.8 Å². The standard InChI is InChI=1S/C14H27N/c1-12-8-10-14(15,11-9-12)13-6-4-2-3-5-7-13/h12-13H,2-11,15H2,1H3. The maximum Gasteiger partial charge on any atom is 0.0183 e. The van der Waals surface area contributed by atoms with E-state index in [2.05, 4.69) is 6.92 Å². The summed E-state index contributed by atoms with van der Waals surface area (Å²) in [5, 5.41) is 0. The molecular formula is C14H27N. The first kappa shape index (κ1) is 11.4. The molecule has 0 aromatic rings. The Labute approximate surface area is 94.8 Å². The van der Waals surface area contributed by atoms with E-state index in [4.69, 9.17) is 5.73 Å². The topological polar surface area (TPSA) is 26.0 Å². The molecule has 1 heteroatoms. The molecule has 15 heavy (non-hydrogen) atoms. The molecule has 2 aliphatic carbocycles. The van der Waals surface area contributed by atoms with Crippen LogP contribution in [0.15, 0.2) is 0 Å². The Morgan fingerprint density at radius 2 is 1.40 bits per heavy atom. The first-order chi connectivity index (χ1) is 7.21. The van der Waals surface area contributed by atoms with Crippen molar-refractivity contribution in [2.45, 2.75) is 76.7 Å². The molecule has 2 fully saturated rings. The van der Waals surface area contributed by atoms with Gasteiger partial charge in [-0.15, -0.1) is 0 Å². The van der Waals surface area contributed by atoms with Crippen LogP contribution in [-0.2, 0) is 0 Å². The SMILES string of the molecule is CC1CCC(N)(C2CCCCCC2)CC1. The Morgan fingerprint density at radius 3 is 1.93 bits per heavy atom. The van der Waals surface area contributed by atoms with Crippen molar-refractivity contribution >= 4 is 0 Å². The van der Waals surface area contributed by atoms with Gasteiger partial charge in [-0.1, -0.05) is 32.6 Å². The minimum atomic E-state index is 0.219. The van der Waals surface area contributed by atoms with Crippen molar-refractivity contribution in [1.82, 2.24) is 0 Å². The van der Waals surface area contributed by atoms with Gasteiger partial charge in [0.05, 0.1) is 0 Å². The normalized spacial score (nSPS) is 40.0. The molecule has 0 bridgehead atoms. The van der Waals surface area contributed by atoms with Gasteiger partial charge >= 0.3 is 0 Å². The lowest BCUT2D eigenvalue weighted by atomic mass is 9.68. The van der Waals surface area contributed by atoms with Crippen molar-refractivity contribution in [3.63, 3.8) is 0 Å². The first-order valence-electron chi connectivity index (χ1n) is 6.99. The highest BCUT2D eigenvalue weighted by Gasteiger charge is 2.37. The summed E-state index contributed by atoms with van der Waals surface area (Å²) in [4.78, 5) is 0. The molecule has 0 unspecified atom stereocenters. The van der Waals surface area contributed by atoms with Gasteiger partial charge in [-0.3, -0.25) is 0 Å². The van der Waals surface area contributed by atoms with Crippen LogP contribution in [-0.4, -0.2) is 5.54 Å². The molecule has 0 saturated heterocycles. The van der Waals surface area contributed by atoms with Gasteiger partial charge in [0, 0.05) is 5.54 Å². The summed E-state index contributed by atoms with van der Waals surface area (Å²) >= 11 is 0. The number of hydrogen-bond acceptors (Lipinski definition) is 1. The van der Waals surface area contributed by atoms with E-state index in [1.165, 1.54) is 64.2 Å². The van der Waals surface area contributed by atoms with Crippen LogP contribution in [0.5, 0.6) is 0 Å². The molecule has 0 aromatic carbocycles. The Balaban J connectivity index is 1.94. The number of nitrogens with two attached hydrogens (primary N) is 1. The predicted octanol–water partition coefficient (Wildman–Crippen LogP) is 3.86. The largest absolute Gasteiger partial charge is 0.325 e. The van der Waals surface area contributed by atoms with E-state index in [1.54, 1.807) is 0 Å². The molecule has 2 saturated carbocycles. The predicted molar refractivity (Wildman–Crippen MR) is 65.7 cm³/mol. The van der Waals surface area contributed by atoms with Crippen molar-refractivity contribution in [3.8, 4) is 0 Å². The van der Waals surface area contributed by atoms with Crippen LogP contribution >= 0.6 is 0 Å². The molecule has 0 radical (unpaired) electrons. The van der Waals surface area contributed by atoms with E-state index < -0.39 is 0 Å². The Bertz CT molecular complexity index is 184. The second kappa shape index (κ2) is 4.86. The fourth-order valence-electron chi connectivity index (χ4n) is 3.56. The molecule has 2 rings (SSSR count). The highest BCUT2D eigenvalue weighted by atomic mass is 14.8. The maximum atomic E-state index is 6.67. The van der Waals surface area contributed by atoms with Gasteiger partial charge in [-0.05, 0) is 50.4 Å². The fourth-order valence-corrected chi connectivity index (χ4v) is 3.56. The van der Waals surface area contributed by atoms with Crippen LogP contribution in [0, 0.1) is 11.8 Å². The molecule has 0 amide bonds. The van der Waals surface area contributed by atoms with E-state index in [0.29, 0.717) is 0 Å². The van der Waals surface area contributed by atoms with Crippen molar-refractivity contribution in [2.75, 3.05) is 0 Å². The van der Waals surface area contributed by atoms with Crippen molar-refractivity contribution in [1.29, 1.82) is 0 Å². The highest BCUT2D eigenvalue weighted by Crippen LogP contribution is 2.40. The van der Waals surface area contributed by atoms with Crippen LogP contribution in [0.1, 0.15) is 71.1 Å². The zero-order valence-electron chi connectivity index (χ0n) is 10.3. The van der Waals surface area contributed by atoms with E-state index in [9.17, 15) is 0 Å². The number of rotatable bonds is 1. The highest BCUT2D eigenvalue weighted by molar-refractivity contribution is 4.95. The average molecular weight is 209 g/mol. The van der Waals surface area contributed by atoms with Gasteiger partial charge in [-0.25, -0.2) is 0 Å². The molecule has 0 spiro atoms. The second-order valence-corrected chi connectivity index (χ2v) is 6.10. The van der Waals surface area contributed by atoms with E-state index in [1.807, 2.05) is 0 Å². The van der Waals surface area contributed by atoms with Crippen LogP contribution < -0.4 is 5.73 Å². The molecule has 1 nitrogen and oxygen atoms in total. The lowest BCUT2D eigenvalue weighted by Gasteiger charge is -2.42. The van der Waals surface area contributed by atoms with Gasteiger partial charge in [0.1, 0.15) is 0 Å². The smallest absolute Gasteiger partial charge is 0.0183 e. The fraction of sp³-hybridized carbons (Fsp3) is 1.00. The lowest BCUT2D eigenvalue weighted by molar-refractivity contribution is 0.153. The van der Waals surface area contributed by atoms with Gasteiger partial charge in [-0.2, -0.15) is 0 Å². The monoisotopic (exact) mass is 209 g/mol. The molecule has 0 aromatic heterocycles. The minimum Gasteiger partial charge on any atom is -0.325 e. The average Bonchev–Trinajstić information content (AvgIpc) is 2.51. The van der Waals surface area contributed by atoms with Gasteiger partial charge < -0.3 is 5.73 Å². The van der Waals surface area contributed by atoms with E-state index in [-0.39, 0.29) is 5.54 Å². The Kier molecular flexibility index (Phi) is 3.71. The third-order valence-electron chi connectivity index (χ3n) is 4.87. The van der Waals surface area contributed by atoms with Crippen LogP contribution in [0.3, 0.4) is 0 Å². The minimum absolute atomic E-state index is 0.219. The Hall–Kier alpha value is -0.0400. The summed E-state index contributed by atoms with van der Waals surface area (Å²) in [6, 6.07) is 0. The summed E-state index contributed by atoms with van der Waals surface area (Å²) in [6.45, 7) is 2.38. The molecule has 0 atom stereocenters. The van der Waals surface area contributed by atoms with Gasteiger partial charge in [0.2, 0.25) is 0 Å². The van der Waals surface area contributed by atoms with Crippen molar-refractivity contribution in [2.24, 2.45) is 17.6 Å². The first-order valence-corrected chi connectivity index (χ1v) is 6.99. The third-order valence-corrected chi connectivity index (χ3v) is 4.87. The molecule has 88 valence electrons. The zero-order chi connectivity index (χ0) is 10.7. The maximum absolute atomic E-state index is 6.67. The van der Waals surface area contributed by atoms with Crippen LogP contribution in [0.2, 0.25) is 0 Å². The van der Waals surface area contributed by atoms with Gasteiger partial charge in [0.15, 0.2) is 0 Å². The van der Waals surface area contributed by atoms with Crippen LogP contribution in [0.25, 0.3) is 0 Å². The molecular weight excluding hydrogens is 182 g/mol. The second-order valence-electron chi connectivity index (χ2n) is 6.10. The third kappa shape index (κ3) is 2.75. The summed E-state index contributed by atoms with van der Waals surface area (Å²) in [5.74, 6) is 1.76. The molecule has 0 aliphatic heterocycles. The summed E-state index contributed by atoms with van der Waals surface area (Å²) < 4.78 is 0.